The number of aromatic amines is 3. The molecule has 0 saturated carbocycles. The highest BCUT2D eigenvalue weighted by atomic mass is 32.1. The highest BCUT2D eigenvalue weighted by Gasteiger charge is 2.12. The van der Waals surface area contributed by atoms with Gasteiger partial charge in [0.2, 0.25) is 0 Å². The summed E-state index contributed by atoms with van der Waals surface area (Å²) in [5.74, 6) is 0.153. The van der Waals surface area contributed by atoms with Crippen molar-refractivity contribution < 1.29 is 4.39 Å². The second kappa shape index (κ2) is 4.13. The predicted molar refractivity (Wildman–Crippen MR) is 78.1 cm³/mol. The standard InChI is InChI=1S/C13H7FN4O2S/c14-6-2-1-5-3-8(21-7(5)4-6)10-15-9-11(16-10)17-13(20)18-12(9)19/h1-4H,(H3,15,16,17,18,19,20). The fourth-order valence-corrected chi connectivity index (χ4v) is 3.20. The topological polar surface area (TPSA) is 94.4 Å². The van der Waals surface area contributed by atoms with E-state index in [4.69, 9.17) is 0 Å². The molecule has 0 atom stereocenters. The smallest absolute Gasteiger partial charge is 0.327 e. The van der Waals surface area contributed by atoms with Crippen LogP contribution >= 0.6 is 11.3 Å². The van der Waals surface area contributed by atoms with E-state index in [0.29, 0.717) is 5.82 Å². The molecule has 0 spiro atoms. The van der Waals surface area contributed by atoms with Crippen molar-refractivity contribution in [3.8, 4) is 10.7 Å². The van der Waals surface area contributed by atoms with Crippen LogP contribution in [0.3, 0.4) is 0 Å². The summed E-state index contributed by atoms with van der Waals surface area (Å²) in [6, 6.07) is 6.37. The maximum absolute atomic E-state index is 13.2. The Kier molecular flexibility index (Phi) is 2.36. The molecule has 0 aliphatic heterocycles. The average Bonchev–Trinajstić information content (AvgIpc) is 3.01. The van der Waals surface area contributed by atoms with Crippen LogP contribution in [0.4, 0.5) is 4.39 Å². The minimum Gasteiger partial charge on any atom is -0.331 e. The summed E-state index contributed by atoms with van der Waals surface area (Å²) in [5.41, 5.74) is -0.737. The first-order chi connectivity index (χ1) is 10.1. The lowest BCUT2D eigenvalue weighted by atomic mass is 10.2. The van der Waals surface area contributed by atoms with Gasteiger partial charge < -0.3 is 4.98 Å². The Hall–Kier alpha value is -2.74. The average molecular weight is 302 g/mol. The van der Waals surface area contributed by atoms with Crippen molar-refractivity contribution in [2.75, 3.05) is 0 Å². The molecule has 3 N–H and O–H groups in total. The van der Waals surface area contributed by atoms with Gasteiger partial charge in [-0.25, -0.2) is 14.2 Å². The monoisotopic (exact) mass is 302 g/mol. The second-order valence-electron chi connectivity index (χ2n) is 4.51. The zero-order valence-corrected chi connectivity index (χ0v) is 11.2. The number of hydrogen-bond acceptors (Lipinski definition) is 4. The number of nitrogens with one attached hydrogen (secondary N) is 3. The lowest BCUT2D eigenvalue weighted by Gasteiger charge is -1.87. The quantitative estimate of drug-likeness (QED) is 0.501. The van der Waals surface area contributed by atoms with Crippen LogP contribution in [0.1, 0.15) is 0 Å². The lowest BCUT2D eigenvalue weighted by Crippen LogP contribution is -2.21. The number of hydrogen-bond donors (Lipinski definition) is 3. The van der Waals surface area contributed by atoms with E-state index in [9.17, 15) is 14.0 Å². The van der Waals surface area contributed by atoms with E-state index in [2.05, 4.69) is 19.9 Å². The van der Waals surface area contributed by atoms with Gasteiger partial charge in [-0.05, 0) is 23.6 Å². The van der Waals surface area contributed by atoms with Crippen LogP contribution in [-0.4, -0.2) is 19.9 Å². The van der Waals surface area contributed by atoms with Crippen molar-refractivity contribution in [1.82, 2.24) is 19.9 Å². The third-order valence-corrected chi connectivity index (χ3v) is 4.21. The van der Waals surface area contributed by atoms with Crippen LogP contribution in [0.15, 0.2) is 33.9 Å². The number of halogens is 1. The Morgan fingerprint density at radius 1 is 1.10 bits per heavy atom. The zero-order chi connectivity index (χ0) is 14.6. The van der Waals surface area contributed by atoms with E-state index in [1.807, 2.05) is 6.07 Å². The largest absolute Gasteiger partial charge is 0.331 e. The van der Waals surface area contributed by atoms with Gasteiger partial charge in [-0.3, -0.25) is 14.8 Å². The Morgan fingerprint density at radius 3 is 2.81 bits per heavy atom. The normalized spacial score (nSPS) is 11.5. The van der Waals surface area contributed by atoms with E-state index in [1.165, 1.54) is 23.5 Å². The van der Waals surface area contributed by atoms with E-state index < -0.39 is 11.2 Å². The van der Waals surface area contributed by atoms with Crippen molar-refractivity contribution in [2.45, 2.75) is 0 Å². The van der Waals surface area contributed by atoms with Gasteiger partial charge in [-0.1, -0.05) is 6.07 Å². The van der Waals surface area contributed by atoms with E-state index >= 15 is 0 Å². The minimum absolute atomic E-state index is 0.197. The number of rotatable bonds is 1. The first-order valence-corrected chi connectivity index (χ1v) is 6.83. The molecule has 1 aromatic carbocycles. The summed E-state index contributed by atoms with van der Waals surface area (Å²) in [6.07, 6.45) is 0. The molecule has 0 unspecified atom stereocenters. The number of fused-ring (bicyclic) bond motifs is 2. The number of aromatic nitrogens is 4. The molecule has 0 aliphatic carbocycles. The summed E-state index contributed by atoms with van der Waals surface area (Å²) in [7, 11) is 0. The molecule has 0 fully saturated rings. The van der Waals surface area contributed by atoms with Gasteiger partial charge in [0.25, 0.3) is 5.56 Å². The first-order valence-electron chi connectivity index (χ1n) is 6.02. The molecule has 4 rings (SSSR count). The van der Waals surface area contributed by atoms with Crippen LogP contribution in [0.5, 0.6) is 0 Å². The van der Waals surface area contributed by atoms with Gasteiger partial charge in [-0.2, -0.15) is 0 Å². The zero-order valence-electron chi connectivity index (χ0n) is 10.4. The molecule has 3 heterocycles. The minimum atomic E-state index is -0.607. The number of thiophene rings is 1. The second-order valence-corrected chi connectivity index (χ2v) is 5.59. The number of imidazole rings is 1. The van der Waals surface area contributed by atoms with Crippen LogP contribution < -0.4 is 11.2 Å². The van der Waals surface area contributed by atoms with Gasteiger partial charge in [0, 0.05) is 4.70 Å². The van der Waals surface area contributed by atoms with Crippen LogP contribution in [0, 0.1) is 5.82 Å². The molecule has 4 aromatic rings. The number of H-pyrrole nitrogens is 3. The van der Waals surface area contributed by atoms with Crippen molar-refractivity contribution in [1.29, 1.82) is 0 Å². The molecule has 8 heteroatoms. The molecule has 0 amide bonds. The van der Waals surface area contributed by atoms with Gasteiger partial charge >= 0.3 is 5.69 Å². The Bertz CT molecular complexity index is 1100. The fourth-order valence-electron chi connectivity index (χ4n) is 2.17. The molecule has 0 bridgehead atoms. The maximum Gasteiger partial charge on any atom is 0.327 e. The third kappa shape index (κ3) is 1.88. The van der Waals surface area contributed by atoms with E-state index in [1.54, 1.807) is 6.07 Å². The van der Waals surface area contributed by atoms with Gasteiger partial charge in [0.15, 0.2) is 11.5 Å². The SMILES string of the molecule is O=c1[nH]c(=O)c2[nH]c(-c3cc4ccc(F)cc4s3)nc2[nH]1. The van der Waals surface area contributed by atoms with Gasteiger partial charge in [-0.15, -0.1) is 11.3 Å². The highest BCUT2D eigenvalue weighted by molar-refractivity contribution is 7.22. The summed E-state index contributed by atoms with van der Waals surface area (Å²) < 4.78 is 14.0. The van der Waals surface area contributed by atoms with E-state index in [0.717, 1.165) is 15.0 Å². The Labute approximate surface area is 119 Å². The summed E-state index contributed by atoms with van der Waals surface area (Å²) in [5, 5.41) is 0.888. The summed E-state index contributed by atoms with van der Waals surface area (Å²) in [6.45, 7) is 0. The number of nitrogens with zero attached hydrogens (tertiary/aromatic N) is 1. The Morgan fingerprint density at radius 2 is 1.95 bits per heavy atom. The molecule has 0 radical (unpaired) electrons. The maximum atomic E-state index is 13.2. The number of benzene rings is 1. The van der Waals surface area contributed by atoms with E-state index in [-0.39, 0.29) is 17.0 Å². The van der Waals surface area contributed by atoms with Crippen molar-refractivity contribution >= 4 is 32.6 Å². The van der Waals surface area contributed by atoms with Crippen molar-refractivity contribution in [3.63, 3.8) is 0 Å². The highest BCUT2D eigenvalue weighted by Crippen LogP contribution is 2.32. The van der Waals surface area contributed by atoms with Gasteiger partial charge in [0.05, 0.1) is 4.88 Å². The molecular formula is C13H7FN4O2S. The lowest BCUT2D eigenvalue weighted by molar-refractivity contribution is 0.630. The summed E-state index contributed by atoms with van der Waals surface area (Å²) >= 11 is 1.35. The predicted octanol–water partition coefficient (Wildman–Crippen LogP) is 1.96. The molecule has 0 saturated heterocycles. The molecule has 6 nitrogen and oxygen atoms in total. The van der Waals surface area contributed by atoms with Crippen molar-refractivity contribution in [2.24, 2.45) is 0 Å². The van der Waals surface area contributed by atoms with Crippen LogP contribution in [0.2, 0.25) is 0 Å². The third-order valence-electron chi connectivity index (χ3n) is 3.11. The van der Waals surface area contributed by atoms with Crippen LogP contribution in [-0.2, 0) is 0 Å². The Balaban J connectivity index is 1.97. The van der Waals surface area contributed by atoms with Crippen molar-refractivity contribution in [3.05, 3.63) is 50.9 Å². The molecule has 0 aliphatic rings. The van der Waals surface area contributed by atoms with Gasteiger partial charge in [0.1, 0.15) is 11.3 Å². The first kappa shape index (κ1) is 12.0. The molecule has 3 aromatic heterocycles. The van der Waals surface area contributed by atoms with Crippen LogP contribution in [0.25, 0.3) is 32.0 Å². The fraction of sp³-hybridized carbons (Fsp3) is 0. The summed E-state index contributed by atoms with van der Waals surface area (Å²) in [4.78, 5) is 35.3. The molecular weight excluding hydrogens is 295 g/mol. The molecule has 104 valence electrons. The molecule has 21 heavy (non-hydrogen) atoms.